The van der Waals surface area contributed by atoms with Crippen LogP contribution in [0.1, 0.15) is 367 Å². The van der Waals surface area contributed by atoms with Gasteiger partial charge in [0.1, 0.15) is 0 Å². The van der Waals surface area contributed by atoms with Crippen molar-refractivity contribution in [1.82, 2.24) is 0 Å². The molecule has 2 heteroatoms. The first-order chi connectivity index (χ1) is 30.7. The Hall–Kier alpha value is 0.618. The zero-order chi connectivity index (χ0) is 44.8. The minimum atomic E-state index is -3.08. The molecule has 0 unspecified atom stereocenters. The Morgan fingerprint density at radius 1 is 0.161 bits per heavy atom. The summed E-state index contributed by atoms with van der Waals surface area (Å²) in [5.41, 5.74) is 0. The van der Waals surface area contributed by atoms with Gasteiger partial charge in [0.2, 0.25) is 0 Å². The molecule has 0 aliphatic heterocycles. The van der Waals surface area contributed by atoms with Crippen LogP contribution in [0.2, 0.25) is 13.1 Å². The predicted molar refractivity (Wildman–Crippen MR) is 287 cm³/mol. The van der Waals surface area contributed by atoms with Gasteiger partial charge in [0.25, 0.3) is 0 Å². The van der Waals surface area contributed by atoms with Crippen LogP contribution in [0.4, 0.5) is 0 Å². The second kappa shape index (κ2) is 55.9. The minimum absolute atomic E-state index is 1.15. The normalized spacial score (nSPS) is 12.0. The quantitative estimate of drug-likeness (QED) is 0.0438. The molecule has 0 amide bonds. The van der Waals surface area contributed by atoms with Crippen LogP contribution in [0, 0.1) is 0 Å². The number of rotatable bonds is 57. The maximum absolute atomic E-state index is 14.4. The van der Waals surface area contributed by atoms with Crippen molar-refractivity contribution in [3.63, 3.8) is 0 Å². The molecule has 0 saturated heterocycles. The predicted octanol–water partition coefficient (Wildman–Crippen LogP) is 23.5. The molecule has 0 heterocycles. The molecule has 0 fully saturated rings. The van der Waals surface area contributed by atoms with E-state index in [1.165, 1.54) is 347 Å². The van der Waals surface area contributed by atoms with Crippen molar-refractivity contribution in [2.45, 2.75) is 381 Å². The first kappa shape index (κ1) is 62.6. The molecule has 0 aromatic carbocycles. The number of hydrogen-bond donors (Lipinski definition) is 0. The molecule has 374 valence electrons. The monoisotopic (exact) mass is 981 g/mol. The van der Waals surface area contributed by atoms with Crippen LogP contribution < -0.4 is 0 Å². The Balaban J connectivity index is 4.08. The third kappa shape index (κ3) is 53.2. The molecule has 0 saturated carbocycles. The van der Waals surface area contributed by atoms with Crippen molar-refractivity contribution in [2.24, 2.45) is 0 Å². The third-order valence-electron chi connectivity index (χ3n) is 14.8. The van der Waals surface area contributed by atoms with Gasteiger partial charge in [-0.2, -0.15) is 0 Å². The van der Waals surface area contributed by atoms with E-state index in [9.17, 15) is 3.02 Å². The van der Waals surface area contributed by atoms with Crippen LogP contribution in [0.3, 0.4) is 0 Å². The average molecular weight is 982 g/mol. The molecule has 0 aliphatic rings. The fraction of sp³-hybridized carbons (Fsp3) is 1.00. The first-order valence-electron chi connectivity index (χ1n) is 30.3. The minimum Gasteiger partial charge on any atom is -0.0654 e. The maximum atomic E-state index is 14.4. The summed E-state index contributed by atoms with van der Waals surface area (Å²) >= 11 is -3.08. The summed E-state index contributed by atoms with van der Waals surface area (Å²) in [7, 11) is 0. The van der Waals surface area contributed by atoms with E-state index in [1.54, 1.807) is 0 Å². The second-order valence-corrected chi connectivity index (χ2v) is 31.1. The summed E-state index contributed by atoms with van der Waals surface area (Å²) in [5.74, 6) is 0. The van der Waals surface area contributed by atoms with Crippen LogP contribution in [0.5, 0.6) is 0 Å². The van der Waals surface area contributed by atoms with Crippen molar-refractivity contribution in [2.75, 3.05) is 0 Å². The molecule has 0 atom stereocenters. The summed E-state index contributed by atoms with van der Waals surface area (Å²) in [6, 6.07) is 0. The molecule has 0 N–H and O–H groups in total. The van der Waals surface area contributed by atoms with E-state index in [2.05, 4.69) is 20.8 Å². The zero-order valence-electron chi connectivity index (χ0n) is 44.2. The molecule has 1 nitrogen and oxygen atoms in total. The summed E-state index contributed by atoms with van der Waals surface area (Å²) in [4.78, 5) is 0. The molecule has 0 aliphatic carbocycles. The van der Waals surface area contributed by atoms with Crippen molar-refractivity contribution in [3.8, 4) is 0 Å². The van der Waals surface area contributed by atoms with Gasteiger partial charge < -0.3 is 0 Å². The third-order valence-corrected chi connectivity index (χ3v) is 24.4. The molecule has 0 aromatic rings. The molecule has 62 heavy (non-hydrogen) atoms. The molecule has 0 rings (SSSR count). The molecule has 0 bridgehead atoms. The number of hydrogen-bond acceptors (Lipinski definition) is 1. The summed E-state index contributed by atoms with van der Waals surface area (Å²) in [6.07, 6.45) is 77.2. The SMILES string of the molecule is CCCCCCCCCCCCCCCCCCC[CH2][Sb](=[O])([CH2]CCCCCCCCCCCCCCCCCCC)[CH2]CCCCCCCCCCCCCCCCCCC. The van der Waals surface area contributed by atoms with Gasteiger partial charge >= 0.3 is 247 Å². The molecule has 0 aromatic heterocycles. The van der Waals surface area contributed by atoms with E-state index >= 15 is 0 Å². The Labute approximate surface area is 400 Å². The van der Waals surface area contributed by atoms with Crippen LogP contribution in [-0.2, 0) is 3.02 Å². The Morgan fingerprint density at radius 3 is 0.371 bits per heavy atom. The van der Waals surface area contributed by atoms with Crippen LogP contribution in [0.15, 0.2) is 0 Å². The summed E-state index contributed by atoms with van der Waals surface area (Å²) in [6.45, 7) is 6.94. The fourth-order valence-electron chi connectivity index (χ4n) is 10.2. The number of unbranched alkanes of at least 4 members (excludes halogenated alkanes) is 51. The van der Waals surface area contributed by atoms with Gasteiger partial charge in [-0.25, -0.2) is 0 Å². The smallest absolute Gasteiger partial charge is 0.0654 e. The van der Waals surface area contributed by atoms with Gasteiger partial charge in [-0.05, 0) is 0 Å². The van der Waals surface area contributed by atoms with Gasteiger partial charge in [-0.15, -0.1) is 0 Å². The summed E-state index contributed by atoms with van der Waals surface area (Å²) in [5, 5.41) is 0. The van der Waals surface area contributed by atoms with Gasteiger partial charge in [-0.3, -0.25) is 0 Å². The van der Waals surface area contributed by atoms with Crippen LogP contribution in [-0.4, -0.2) is 18.8 Å². The van der Waals surface area contributed by atoms with Gasteiger partial charge in [0.15, 0.2) is 0 Å². The second-order valence-electron chi connectivity index (χ2n) is 21.3. The van der Waals surface area contributed by atoms with E-state index in [-0.39, 0.29) is 0 Å². The van der Waals surface area contributed by atoms with Crippen molar-refractivity contribution >= 4 is 18.8 Å². The van der Waals surface area contributed by atoms with Crippen molar-refractivity contribution in [3.05, 3.63) is 0 Å². The van der Waals surface area contributed by atoms with E-state index in [1.807, 2.05) is 0 Å². The van der Waals surface area contributed by atoms with E-state index in [0.29, 0.717) is 0 Å². The first-order valence-corrected chi connectivity index (χ1v) is 36.7. The zero-order valence-corrected chi connectivity index (χ0v) is 46.7. The fourth-order valence-corrected chi connectivity index (χ4v) is 19.0. The van der Waals surface area contributed by atoms with Crippen molar-refractivity contribution < 1.29 is 3.02 Å². The van der Waals surface area contributed by atoms with E-state index in [0.717, 1.165) is 13.1 Å². The Bertz CT molecular complexity index is 717. The van der Waals surface area contributed by atoms with Gasteiger partial charge in [-0.1, -0.05) is 156 Å². The molecule has 0 spiro atoms. The van der Waals surface area contributed by atoms with Crippen LogP contribution in [0.25, 0.3) is 0 Å². The van der Waals surface area contributed by atoms with Crippen molar-refractivity contribution in [1.29, 1.82) is 0 Å². The van der Waals surface area contributed by atoms with Gasteiger partial charge in [0, 0.05) is 0 Å². The Kier molecular flexibility index (Phi) is 56.5. The van der Waals surface area contributed by atoms with E-state index in [4.69, 9.17) is 0 Å². The summed E-state index contributed by atoms with van der Waals surface area (Å²) < 4.78 is 17.9. The standard InChI is InChI=1S/3C20H41.O.Sb/c3*1-3-5-7-9-11-13-15-17-19-20-18-16-14-12-10-8-6-4-2;;/h3*1,3-20H2,2H3;;. The molecular weight excluding hydrogens is 858 g/mol. The topological polar surface area (TPSA) is 17.1 Å². The molecule has 0 radical (unpaired) electrons. The Morgan fingerprint density at radius 2 is 0.258 bits per heavy atom. The molecular formula is C60H123OSb. The average Bonchev–Trinajstić information content (AvgIpc) is 3.28. The van der Waals surface area contributed by atoms with E-state index < -0.39 is 18.8 Å². The van der Waals surface area contributed by atoms with Gasteiger partial charge in [0.05, 0.1) is 0 Å². The van der Waals surface area contributed by atoms with Crippen LogP contribution >= 0.6 is 0 Å².